The normalized spacial score (nSPS) is 19.2. The highest BCUT2D eigenvalue weighted by Crippen LogP contribution is 2.49. The topological polar surface area (TPSA) is 111 Å². The lowest BCUT2D eigenvalue weighted by Gasteiger charge is -2.31. The summed E-state index contributed by atoms with van der Waals surface area (Å²) in [4.78, 5) is 25.4. The van der Waals surface area contributed by atoms with E-state index in [-0.39, 0.29) is 29.1 Å². The summed E-state index contributed by atoms with van der Waals surface area (Å²) in [6.45, 7) is 2.51. The van der Waals surface area contributed by atoms with Gasteiger partial charge in [0.05, 0.1) is 32.2 Å². The van der Waals surface area contributed by atoms with Crippen LogP contribution in [0.5, 0.6) is 11.5 Å². The fraction of sp³-hybridized carbons (Fsp3) is 0.462. The third-order valence-electron chi connectivity index (χ3n) is 6.86. The number of nitrogens with zero attached hydrogens (tertiary/aromatic N) is 1. The Morgan fingerprint density at radius 1 is 1.08 bits per heavy atom. The van der Waals surface area contributed by atoms with Crippen LogP contribution in [0.3, 0.4) is 0 Å². The van der Waals surface area contributed by atoms with Crippen LogP contribution in [0, 0.1) is 5.92 Å². The zero-order valence-corrected chi connectivity index (χ0v) is 21.6. The number of hydrogen-bond acceptors (Lipinski definition) is 7. The Morgan fingerprint density at radius 3 is 2.42 bits per heavy atom. The molecule has 0 radical (unpaired) electrons. The minimum absolute atomic E-state index is 0.0107. The summed E-state index contributed by atoms with van der Waals surface area (Å²) in [6.07, 6.45) is 2.64. The maximum atomic E-state index is 13.4. The van der Waals surface area contributed by atoms with Crippen molar-refractivity contribution in [3.05, 3.63) is 48.0 Å². The number of amides is 1. The molecule has 0 aromatic heterocycles. The Kier molecular flexibility index (Phi) is 7.56. The van der Waals surface area contributed by atoms with Crippen molar-refractivity contribution in [2.45, 2.75) is 42.9 Å². The van der Waals surface area contributed by atoms with Gasteiger partial charge in [0.1, 0.15) is 16.4 Å². The number of piperidine rings is 1. The van der Waals surface area contributed by atoms with Crippen molar-refractivity contribution in [2.75, 3.05) is 39.2 Å². The number of hydrogen-bond donors (Lipinski definition) is 1. The van der Waals surface area contributed by atoms with Gasteiger partial charge in [0.2, 0.25) is 15.9 Å². The number of nitrogens with one attached hydrogen (secondary N) is 1. The molecule has 1 aliphatic heterocycles. The molecule has 9 nitrogen and oxygen atoms in total. The zero-order chi connectivity index (χ0) is 25.9. The molecule has 36 heavy (non-hydrogen) atoms. The molecular formula is C26H32N2O7S. The van der Waals surface area contributed by atoms with Gasteiger partial charge >= 0.3 is 5.97 Å². The second-order valence-corrected chi connectivity index (χ2v) is 11.0. The Morgan fingerprint density at radius 2 is 1.81 bits per heavy atom. The van der Waals surface area contributed by atoms with E-state index in [9.17, 15) is 18.0 Å². The van der Waals surface area contributed by atoms with Gasteiger partial charge < -0.3 is 19.5 Å². The van der Waals surface area contributed by atoms with Crippen molar-refractivity contribution in [2.24, 2.45) is 5.92 Å². The monoisotopic (exact) mass is 516 g/mol. The molecule has 4 rings (SSSR count). The molecule has 0 bridgehead atoms. The largest absolute Gasteiger partial charge is 0.497 e. The minimum Gasteiger partial charge on any atom is -0.497 e. The van der Waals surface area contributed by atoms with Gasteiger partial charge in [-0.15, -0.1) is 0 Å². The summed E-state index contributed by atoms with van der Waals surface area (Å²) >= 11 is 0. The minimum atomic E-state index is -3.90. The number of carbonyl (C=O) groups is 2. The number of sulfonamides is 1. The van der Waals surface area contributed by atoms with Crippen LogP contribution < -0.4 is 14.8 Å². The predicted octanol–water partition coefficient (Wildman–Crippen LogP) is 3.34. The van der Waals surface area contributed by atoms with Crippen molar-refractivity contribution >= 4 is 27.6 Å². The number of benzene rings is 2. The van der Waals surface area contributed by atoms with E-state index in [1.165, 1.54) is 24.6 Å². The summed E-state index contributed by atoms with van der Waals surface area (Å²) in [5, 5.41) is 2.90. The molecule has 2 fully saturated rings. The smallest absolute Gasteiger partial charge is 0.316 e. The first-order valence-electron chi connectivity index (χ1n) is 12.1. The van der Waals surface area contributed by atoms with Crippen LogP contribution in [0.2, 0.25) is 0 Å². The first kappa shape index (κ1) is 26.0. The van der Waals surface area contributed by atoms with E-state index in [0.717, 1.165) is 18.4 Å². The van der Waals surface area contributed by atoms with Crippen LogP contribution >= 0.6 is 0 Å². The van der Waals surface area contributed by atoms with Crippen LogP contribution in [0.25, 0.3) is 0 Å². The number of ether oxygens (including phenoxy) is 3. The van der Waals surface area contributed by atoms with Gasteiger partial charge in [-0.25, -0.2) is 8.42 Å². The molecule has 1 saturated carbocycles. The van der Waals surface area contributed by atoms with Gasteiger partial charge in [-0.05, 0) is 62.4 Å². The van der Waals surface area contributed by atoms with Crippen molar-refractivity contribution in [3.63, 3.8) is 0 Å². The molecule has 1 aliphatic carbocycles. The van der Waals surface area contributed by atoms with Crippen molar-refractivity contribution in [3.8, 4) is 11.5 Å². The Hall–Kier alpha value is -3.11. The van der Waals surface area contributed by atoms with Gasteiger partial charge in [-0.3, -0.25) is 9.59 Å². The molecule has 0 unspecified atom stereocenters. The van der Waals surface area contributed by atoms with Crippen molar-refractivity contribution in [1.82, 2.24) is 4.31 Å². The average molecular weight is 517 g/mol. The second kappa shape index (κ2) is 10.5. The van der Waals surface area contributed by atoms with Gasteiger partial charge in [0.15, 0.2) is 0 Å². The molecule has 0 spiro atoms. The van der Waals surface area contributed by atoms with Gasteiger partial charge in [0.25, 0.3) is 0 Å². The van der Waals surface area contributed by atoms with Crippen LogP contribution in [-0.2, 0) is 29.8 Å². The molecule has 1 N–H and O–H groups in total. The van der Waals surface area contributed by atoms with E-state index in [2.05, 4.69) is 5.32 Å². The number of esters is 1. The highest BCUT2D eigenvalue weighted by Gasteiger charge is 2.52. The number of methoxy groups -OCH3 is 2. The van der Waals surface area contributed by atoms with E-state index in [1.807, 2.05) is 12.1 Å². The SMILES string of the molecule is CCOC(=O)C1(c2ccc(NC(=O)[C@H]3CCCN(S(=O)(=O)c4cc(OC)ccc4OC)C3)cc2)CC1. The Labute approximate surface area is 211 Å². The van der Waals surface area contributed by atoms with Gasteiger partial charge in [0, 0.05) is 24.8 Å². The lowest BCUT2D eigenvalue weighted by molar-refractivity contribution is -0.146. The lowest BCUT2D eigenvalue weighted by Crippen LogP contribution is -2.43. The third kappa shape index (κ3) is 5.05. The first-order valence-corrected chi connectivity index (χ1v) is 13.5. The Bertz CT molecular complexity index is 1220. The first-order chi connectivity index (χ1) is 17.2. The maximum absolute atomic E-state index is 13.4. The van der Waals surface area contributed by atoms with Crippen LogP contribution in [0.4, 0.5) is 5.69 Å². The second-order valence-electron chi connectivity index (χ2n) is 9.09. The van der Waals surface area contributed by atoms with E-state index >= 15 is 0 Å². The number of rotatable bonds is 9. The van der Waals surface area contributed by atoms with E-state index < -0.39 is 21.4 Å². The van der Waals surface area contributed by atoms with Gasteiger partial charge in [-0.1, -0.05) is 12.1 Å². The summed E-state index contributed by atoms with van der Waals surface area (Å²) in [7, 11) is -1.02. The van der Waals surface area contributed by atoms with E-state index in [1.54, 1.807) is 31.2 Å². The molecule has 1 amide bonds. The van der Waals surface area contributed by atoms with Crippen LogP contribution in [-0.4, -0.2) is 58.5 Å². The predicted molar refractivity (Wildman–Crippen MR) is 134 cm³/mol. The molecule has 1 atom stereocenters. The Balaban J connectivity index is 1.44. The molecule has 2 aromatic carbocycles. The van der Waals surface area contributed by atoms with Crippen LogP contribution in [0.15, 0.2) is 47.4 Å². The van der Waals surface area contributed by atoms with E-state index in [4.69, 9.17) is 14.2 Å². The zero-order valence-electron chi connectivity index (χ0n) is 20.8. The molecule has 1 saturated heterocycles. The van der Waals surface area contributed by atoms with Crippen molar-refractivity contribution < 1.29 is 32.2 Å². The number of carbonyl (C=O) groups excluding carboxylic acids is 2. The number of anilines is 1. The standard InChI is InChI=1S/C26H32N2O7S/c1-4-35-25(30)26(13-14-26)19-7-9-20(10-8-19)27-24(29)18-6-5-15-28(17-18)36(31,32)23-16-21(33-2)11-12-22(23)34-3/h7-12,16,18H,4-6,13-15,17H2,1-3H3,(H,27,29)/t18-/m0/s1. The summed E-state index contributed by atoms with van der Waals surface area (Å²) in [5.41, 5.74) is 0.900. The molecule has 1 heterocycles. The highest BCUT2D eigenvalue weighted by molar-refractivity contribution is 7.89. The summed E-state index contributed by atoms with van der Waals surface area (Å²) < 4.78 is 43.9. The quantitative estimate of drug-likeness (QED) is 0.509. The van der Waals surface area contributed by atoms with Crippen molar-refractivity contribution in [1.29, 1.82) is 0 Å². The fourth-order valence-electron chi connectivity index (χ4n) is 4.62. The lowest BCUT2D eigenvalue weighted by atomic mass is 9.95. The molecule has 194 valence electrons. The fourth-order valence-corrected chi connectivity index (χ4v) is 6.32. The van der Waals surface area contributed by atoms with E-state index in [0.29, 0.717) is 37.4 Å². The highest BCUT2D eigenvalue weighted by atomic mass is 32.2. The summed E-state index contributed by atoms with van der Waals surface area (Å²) in [5.74, 6) is -0.331. The molecular weight excluding hydrogens is 484 g/mol. The van der Waals surface area contributed by atoms with Gasteiger partial charge in [-0.2, -0.15) is 4.31 Å². The molecule has 2 aromatic rings. The molecule has 2 aliphatic rings. The van der Waals surface area contributed by atoms with Crippen LogP contribution in [0.1, 0.15) is 38.2 Å². The third-order valence-corrected chi connectivity index (χ3v) is 8.75. The average Bonchev–Trinajstić information content (AvgIpc) is 3.71. The molecule has 10 heteroatoms. The summed E-state index contributed by atoms with van der Waals surface area (Å²) in [6, 6.07) is 11.8. The maximum Gasteiger partial charge on any atom is 0.316 e.